The Balaban J connectivity index is 2.77. The van der Waals surface area contributed by atoms with Gasteiger partial charge in [-0.2, -0.15) is 0 Å². The minimum atomic E-state index is -3.22. The number of fused-ring (bicyclic) bond motifs is 1. The summed E-state index contributed by atoms with van der Waals surface area (Å²) in [5.41, 5.74) is 7.99. The number of rotatable bonds is 1. The molecule has 0 unspecified atom stereocenters. The molecule has 80 valence electrons. The molecule has 0 aliphatic heterocycles. The maximum absolute atomic E-state index is 11.3. The predicted octanol–water partition coefficient (Wildman–Crippen LogP) is 1.59. The topological polar surface area (TPSA) is 73.0 Å². The molecule has 0 aliphatic carbocycles. The lowest BCUT2D eigenvalue weighted by molar-refractivity contribution is 0.601. The minimum absolute atomic E-state index is 0.141. The molecule has 0 saturated carbocycles. The standard InChI is InChI=1S/C9H10N2O2S2/c1-5-3-7-8(4-6(5)10)14-9(11-7)15(2,12)13/h3-4H,10H2,1-2H3. The number of nitrogen functional groups attached to an aromatic ring is 1. The molecule has 0 spiro atoms. The normalized spacial score (nSPS) is 12.1. The van der Waals surface area contributed by atoms with Gasteiger partial charge in [-0.1, -0.05) is 0 Å². The fourth-order valence-electron chi connectivity index (χ4n) is 1.23. The molecule has 15 heavy (non-hydrogen) atoms. The average molecular weight is 242 g/mol. The number of nitrogens with zero attached hydrogens (tertiary/aromatic N) is 1. The SMILES string of the molecule is Cc1cc2nc(S(C)(=O)=O)sc2cc1N. The first-order valence-electron chi connectivity index (χ1n) is 4.24. The van der Waals surface area contributed by atoms with E-state index in [1.165, 1.54) is 0 Å². The van der Waals surface area contributed by atoms with Gasteiger partial charge in [-0.3, -0.25) is 0 Å². The molecular weight excluding hydrogens is 232 g/mol. The van der Waals surface area contributed by atoms with Gasteiger partial charge in [0.2, 0.25) is 14.2 Å². The highest BCUT2D eigenvalue weighted by molar-refractivity contribution is 7.92. The average Bonchev–Trinajstić information content (AvgIpc) is 2.47. The monoisotopic (exact) mass is 242 g/mol. The van der Waals surface area contributed by atoms with Crippen LogP contribution in [0.3, 0.4) is 0 Å². The summed E-state index contributed by atoms with van der Waals surface area (Å²) in [5, 5.41) is 0. The van der Waals surface area contributed by atoms with Crippen LogP contribution >= 0.6 is 11.3 Å². The Labute approximate surface area is 91.7 Å². The molecular formula is C9H10N2O2S2. The lowest BCUT2D eigenvalue weighted by Crippen LogP contribution is -1.94. The van der Waals surface area contributed by atoms with Crippen molar-refractivity contribution in [1.29, 1.82) is 0 Å². The summed E-state index contributed by atoms with van der Waals surface area (Å²) >= 11 is 1.15. The van der Waals surface area contributed by atoms with Gasteiger partial charge >= 0.3 is 0 Å². The van der Waals surface area contributed by atoms with Crippen molar-refractivity contribution in [2.24, 2.45) is 0 Å². The summed E-state index contributed by atoms with van der Waals surface area (Å²) in [5.74, 6) is 0. The highest BCUT2D eigenvalue weighted by Crippen LogP contribution is 2.28. The van der Waals surface area contributed by atoms with Gasteiger partial charge in [0.05, 0.1) is 10.2 Å². The summed E-state index contributed by atoms with van der Waals surface area (Å²) in [7, 11) is -3.22. The molecule has 2 aromatic rings. The van der Waals surface area contributed by atoms with E-state index in [2.05, 4.69) is 4.98 Å². The van der Waals surface area contributed by atoms with Gasteiger partial charge < -0.3 is 5.73 Å². The number of aromatic nitrogens is 1. The maximum Gasteiger partial charge on any atom is 0.210 e. The van der Waals surface area contributed by atoms with E-state index >= 15 is 0 Å². The van der Waals surface area contributed by atoms with E-state index < -0.39 is 9.84 Å². The number of hydrogen-bond donors (Lipinski definition) is 1. The van der Waals surface area contributed by atoms with Crippen LogP contribution in [0.2, 0.25) is 0 Å². The summed E-state index contributed by atoms with van der Waals surface area (Å²) < 4.78 is 23.5. The Morgan fingerprint density at radius 1 is 1.40 bits per heavy atom. The van der Waals surface area contributed by atoms with E-state index in [1.54, 1.807) is 12.1 Å². The quantitative estimate of drug-likeness (QED) is 0.771. The van der Waals surface area contributed by atoms with Crippen LogP contribution in [0.4, 0.5) is 5.69 Å². The number of nitrogens with two attached hydrogens (primary N) is 1. The molecule has 1 heterocycles. The summed E-state index contributed by atoms with van der Waals surface area (Å²) in [6.45, 7) is 1.87. The van der Waals surface area contributed by atoms with Crippen LogP contribution in [0.1, 0.15) is 5.56 Å². The van der Waals surface area contributed by atoms with Crippen molar-refractivity contribution in [3.8, 4) is 0 Å². The number of thiazole rings is 1. The first-order valence-corrected chi connectivity index (χ1v) is 6.95. The second kappa shape index (κ2) is 3.18. The Bertz CT molecular complexity index is 590. The van der Waals surface area contributed by atoms with Crippen molar-refractivity contribution in [3.63, 3.8) is 0 Å². The molecule has 1 aromatic heterocycles. The fourth-order valence-corrected chi connectivity index (χ4v) is 3.10. The number of hydrogen-bond acceptors (Lipinski definition) is 5. The van der Waals surface area contributed by atoms with Gasteiger partial charge in [0.15, 0.2) is 0 Å². The minimum Gasteiger partial charge on any atom is -0.398 e. The smallest absolute Gasteiger partial charge is 0.210 e. The second-order valence-corrected chi connectivity index (χ2v) is 6.65. The molecule has 0 radical (unpaired) electrons. The molecule has 1 aromatic carbocycles. The van der Waals surface area contributed by atoms with Crippen molar-refractivity contribution in [1.82, 2.24) is 4.98 Å². The van der Waals surface area contributed by atoms with Gasteiger partial charge in [0.25, 0.3) is 0 Å². The molecule has 0 aliphatic rings. The molecule has 0 amide bonds. The molecule has 0 fully saturated rings. The summed E-state index contributed by atoms with van der Waals surface area (Å²) in [6.07, 6.45) is 1.15. The van der Waals surface area contributed by atoms with Gasteiger partial charge in [-0.25, -0.2) is 13.4 Å². The van der Waals surface area contributed by atoms with Crippen molar-refractivity contribution in [2.75, 3.05) is 12.0 Å². The third-order valence-electron chi connectivity index (χ3n) is 2.07. The van der Waals surface area contributed by atoms with Gasteiger partial charge in [-0.15, -0.1) is 11.3 Å². The number of sulfone groups is 1. The fraction of sp³-hybridized carbons (Fsp3) is 0.222. The van der Waals surface area contributed by atoms with Crippen LogP contribution in [0.15, 0.2) is 16.5 Å². The Morgan fingerprint density at radius 3 is 2.67 bits per heavy atom. The number of anilines is 1. The van der Waals surface area contributed by atoms with Crippen LogP contribution in [0, 0.1) is 6.92 Å². The molecule has 0 bridgehead atoms. The Kier molecular flexibility index (Phi) is 2.20. The number of aryl methyl sites for hydroxylation is 1. The highest BCUT2D eigenvalue weighted by atomic mass is 32.2. The summed E-state index contributed by atoms with van der Waals surface area (Å²) in [6, 6.07) is 3.56. The van der Waals surface area contributed by atoms with Crippen molar-refractivity contribution in [2.45, 2.75) is 11.3 Å². The zero-order valence-corrected chi connectivity index (χ0v) is 9.95. The van der Waals surface area contributed by atoms with Crippen LogP contribution in [0.5, 0.6) is 0 Å². The first kappa shape index (κ1) is 10.4. The zero-order chi connectivity index (χ0) is 11.2. The Hall–Kier alpha value is -1.14. The Morgan fingerprint density at radius 2 is 2.07 bits per heavy atom. The van der Waals surface area contributed by atoms with Crippen LogP contribution < -0.4 is 5.73 Å². The number of benzene rings is 1. The third kappa shape index (κ3) is 1.82. The van der Waals surface area contributed by atoms with E-state index in [0.717, 1.165) is 27.9 Å². The molecule has 0 saturated heterocycles. The molecule has 6 heteroatoms. The van der Waals surface area contributed by atoms with Gasteiger partial charge in [-0.05, 0) is 24.6 Å². The highest BCUT2D eigenvalue weighted by Gasteiger charge is 2.14. The first-order chi connectivity index (χ1) is 6.88. The molecule has 0 atom stereocenters. The van der Waals surface area contributed by atoms with Gasteiger partial charge in [0, 0.05) is 11.9 Å². The molecule has 4 nitrogen and oxygen atoms in total. The maximum atomic E-state index is 11.3. The van der Waals surface area contributed by atoms with E-state index in [1.807, 2.05) is 6.92 Å². The van der Waals surface area contributed by atoms with Crippen LogP contribution in [-0.4, -0.2) is 19.7 Å². The van der Waals surface area contributed by atoms with Crippen LogP contribution in [-0.2, 0) is 9.84 Å². The van der Waals surface area contributed by atoms with Crippen LogP contribution in [0.25, 0.3) is 10.2 Å². The lowest BCUT2D eigenvalue weighted by Gasteiger charge is -1.97. The third-order valence-corrected chi connectivity index (χ3v) is 4.77. The van der Waals surface area contributed by atoms with Crippen molar-refractivity contribution >= 4 is 37.1 Å². The largest absolute Gasteiger partial charge is 0.398 e. The molecule has 2 N–H and O–H groups in total. The van der Waals surface area contributed by atoms with Gasteiger partial charge in [0.1, 0.15) is 0 Å². The predicted molar refractivity (Wildman–Crippen MR) is 61.9 cm³/mol. The lowest BCUT2D eigenvalue weighted by atomic mass is 10.2. The zero-order valence-electron chi connectivity index (χ0n) is 8.31. The summed E-state index contributed by atoms with van der Waals surface area (Å²) in [4.78, 5) is 4.06. The van der Waals surface area contributed by atoms with E-state index in [0.29, 0.717) is 11.2 Å². The van der Waals surface area contributed by atoms with E-state index in [9.17, 15) is 8.42 Å². The van der Waals surface area contributed by atoms with E-state index in [-0.39, 0.29) is 4.34 Å². The molecule has 2 rings (SSSR count). The van der Waals surface area contributed by atoms with E-state index in [4.69, 9.17) is 5.73 Å². The van der Waals surface area contributed by atoms with Crippen molar-refractivity contribution < 1.29 is 8.42 Å². The van der Waals surface area contributed by atoms with Crippen molar-refractivity contribution in [3.05, 3.63) is 17.7 Å². The second-order valence-electron chi connectivity index (χ2n) is 3.43.